The summed E-state index contributed by atoms with van der Waals surface area (Å²) >= 11 is 0. The minimum Gasteiger partial charge on any atom is -0.462 e. The van der Waals surface area contributed by atoms with E-state index >= 15 is 0 Å². The Morgan fingerprint density at radius 1 is 0.396 bits per heavy atom. The summed E-state index contributed by atoms with van der Waals surface area (Å²) in [6, 6.07) is 0. The molecular formula is C67H117O33P. The number of phosphoric ester groups is 1. The minimum absolute atomic E-state index is 0.0239. The van der Waals surface area contributed by atoms with Crippen molar-refractivity contribution in [3.8, 4) is 0 Å². The Kier molecular flexibility index (Phi) is 41.5. The fraction of sp³-hybridized carbons (Fsp3) is 0.881. The van der Waals surface area contributed by atoms with Gasteiger partial charge in [-0.15, -0.1) is 0 Å². The average Bonchev–Trinajstić information content (AvgIpc) is 0.770. The highest BCUT2D eigenvalue weighted by molar-refractivity contribution is 7.47. The van der Waals surface area contributed by atoms with E-state index in [4.69, 9.17) is 56.4 Å². The van der Waals surface area contributed by atoms with Gasteiger partial charge in [-0.05, 0) is 70.6 Å². The van der Waals surface area contributed by atoms with Crippen LogP contribution in [0.3, 0.4) is 0 Å². The molecule has 0 radical (unpaired) electrons. The van der Waals surface area contributed by atoms with Gasteiger partial charge in [-0.25, -0.2) is 4.57 Å². The van der Waals surface area contributed by atoms with Crippen LogP contribution in [0.5, 0.6) is 0 Å². The van der Waals surface area contributed by atoms with Crippen molar-refractivity contribution in [1.29, 1.82) is 0 Å². The molecule has 4 saturated heterocycles. The number of allylic oxidation sites excluding steroid dienone is 6. The Balaban J connectivity index is 1.30. The number of phosphoric acid groups is 1. The van der Waals surface area contributed by atoms with Gasteiger partial charge in [0.1, 0.15) is 141 Å². The number of ether oxygens (including phenoxy) is 10. The third kappa shape index (κ3) is 28.7. The molecular weight excluding hydrogens is 1360 g/mol. The van der Waals surface area contributed by atoms with Crippen LogP contribution < -0.4 is 0 Å². The molecule has 0 spiro atoms. The number of esters is 2. The lowest BCUT2D eigenvalue weighted by Gasteiger charge is -2.49. The van der Waals surface area contributed by atoms with E-state index in [-0.39, 0.29) is 12.8 Å². The molecule has 5 rings (SSSR count). The monoisotopic (exact) mass is 1480 g/mol. The van der Waals surface area contributed by atoms with Crippen molar-refractivity contribution in [1.82, 2.24) is 0 Å². The molecule has 1 aliphatic carbocycles. The van der Waals surface area contributed by atoms with Crippen molar-refractivity contribution < 1.29 is 162 Å². The van der Waals surface area contributed by atoms with E-state index in [0.29, 0.717) is 25.7 Å². The number of carbonyl (C=O) groups is 2. The summed E-state index contributed by atoms with van der Waals surface area (Å²) in [5, 5.41) is 183. The maximum atomic E-state index is 14.4. The predicted octanol–water partition coefficient (Wildman–Crippen LogP) is -0.871. The highest BCUT2D eigenvalue weighted by Gasteiger charge is 2.59. The maximum Gasteiger partial charge on any atom is 0.472 e. The smallest absolute Gasteiger partial charge is 0.462 e. The van der Waals surface area contributed by atoms with Crippen LogP contribution in [0.4, 0.5) is 0 Å². The van der Waals surface area contributed by atoms with Gasteiger partial charge in [-0.1, -0.05) is 121 Å². The summed E-state index contributed by atoms with van der Waals surface area (Å²) in [6.45, 7) is -0.999. The highest BCUT2D eigenvalue weighted by Crippen LogP contribution is 2.49. The van der Waals surface area contributed by atoms with Gasteiger partial charge in [0.25, 0.3) is 0 Å². The van der Waals surface area contributed by atoms with Crippen molar-refractivity contribution in [2.24, 2.45) is 0 Å². The van der Waals surface area contributed by atoms with Gasteiger partial charge in [0.2, 0.25) is 0 Å². The van der Waals surface area contributed by atoms with Crippen molar-refractivity contribution in [2.75, 3.05) is 39.6 Å². The quantitative estimate of drug-likeness (QED) is 0.0152. The summed E-state index contributed by atoms with van der Waals surface area (Å²) in [4.78, 5) is 38.1. The van der Waals surface area contributed by atoms with Crippen molar-refractivity contribution in [3.63, 3.8) is 0 Å². The second-order valence-electron chi connectivity index (χ2n) is 26.5. The van der Waals surface area contributed by atoms with Gasteiger partial charge < -0.3 is 139 Å². The SMILES string of the molecule is CCCCC/C=C\C/C=C\CCCCCCCC(=O)OC[C@H](COP(=O)(O)O[C@@H]1C(O[C@@H]2OC(CO[C@@H]3OC(CO[C@@H]4OC(CO)[C@H](O)C(O)[C@@H]4O)[C@H](O)C(O)[C@@H]3O)[C@H](O)C(O)[C@@H]2O)C(O)[C@@H](O)C(O)[C@H]1O[C@H]1OC(CO)[C@@H](O)C(O)[C@H]1O)OC(=O)CCCCCCC/C=C\CCCCCC. The number of hydrogen-bond donors (Lipinski definition) is 18. The highest BCUT2D eigenvalue weighted by atomic mass is 31.2. The van der Waals surface area contributed by atoms with Crippen LogP contribution in [-0.2, 0) is 70.6 Å². The molecule has 0 amide bonds. The summed E-state index contributed by atoms with van der Waals surface area (Å²) < 4.78 is 81.3. The third-order valence-corrected chi connectivity index (χ3v) is 19.4. The molecule has 0 aromatic carbocycles. The first-order valence-corrected chi connectivity index (χ1v) is 37.3. The molecule has 12 unspecified atom stereocenters. The molecule has 1 saturated carbocycles. The van der Waals surface area contributed by atoms with Gasteiger partial charge in [-0.2, -0.15) is 0 Å². The average molecular weight is 1480 g/mol. The molecule has 4 aliphatic heterocycles. The van der Waals surface area contributed by atoms with E-state index in [1.807, 2.05) is 0 Å². The van der Waals surface area contributed by atoms with Gasteiger partial charge in [0, 0.05) is 12.8 Å². The van der Waals surface area contributed by atoms with Crippen molar-refractivity contribution in [3.05, 3.63) is 36.5 Å². The number of rotatable bonds is 47. The van der Waals surface area contributed by atoms with Crippen molar-refractivity contribution >= 4 is 19.8 Å². The zero-order valence-corrected chi connectivity index (χ0v) is 58.8. The number of hydrogen-bond acceptors (Lipinski definition) is 32. The van der Waals surface area contributed by atoms with E-state index in [1.54, 1.807) is 0 Å². The molecule has 101 heavy (non-hydrogen) atoms. The summed E-state index contributed by atoms with van der Waals surface area (Å²) in [7, 11) is -5.82. The molecule has 4 heterocycles. The lowest BCUT2D eigenvalue weighted by molar-refractivity contribution is -0.365. The largest absolute Gasteiger partial charge is 0.472 e. The zero-order chi connectivity index (χ0) is 74.2. The van der Waals surface area contributed by atoms with Gasteiger partial charge in [0.15, 0.2) is 31.3 Å². The molecule has 0 aromatic rings. The minimum atomic E-state index is -5.82. The Labute approximate surface area is 589 Å². The van der Waals surface area contributed by atoms with E-state index in [9.17, 15) is 106 Å². The third-order valence-electron chi connectivity index (χ3n) is 18.4. The van der Waals surface area contributed by atoms with Crippen LogP contribution in [-0.4, -0.2) is 309 Å². The maximum absolute atomic E-state index is 14.4. The topological polar surface area (TPSA) is 526 Å². The molecule has 34 heteroatoms. The molecule has 0 bridgehead atoms. The van der Waals surface area contributed by atoms with Gasteiger partial charge in [0.05, 0.1) is 33.0 Å². The summed E-state index contributed by atoms with van der Waals surface area (Å²) in [5.74, 6) is -1.48. The van der Waals surface area contributed by atoms with Crippen LogP contribution >= 0.6 is 7.82 Å². The molecule has 18 N–H and O–H groups in total. The lowest BCUT2D eigenvalue weighted by atomic mass is 9.84. The number of aliphatic hydroxyl groups is 17. The molecule has 0 aromatic heterocycles. The van der Waals surface area contributed by atoms with Crippen LogP contribution in [0.1, 0.15) is 168 Å². The van der Waals surface area contributed by atoms with E-state index < -0.39 is 225 Å². The van der Waals surface area contributed by atoms with Crippen LogP contribution in [0.2, 0.25) is 0 Å². The molecule has 33 nitrogen and oxygen atoms in total. The summed E-state index contributed by atoms with van der Waals surface area (Å²) in [6.07, 6.45) is -22.4. The van der Waals surface area contributed by atoms with Gasteiger partial charge in [-0.3, -0.25) is 18.6 Å². The van der Waals surface area contributed by atoms with Gasteiger partial charge >= 0.3 is 19.8 Å². The Bertz CT molecular complexity index is 2410. The predicted molar refractivity (Wildman–Crippen MR) is 352 cm³/mol. The van der Waals surface area contributed by atoms with Crippen LogP contribution in [0, 0.1) is 0 Å². The fourth-order valence-corrected chi connectivity index (χ4v) is 13.0. The molecule has 5 aliphatic rings. The Morgan fingerprint density at radius 2 is 0.743 bits per heavy atom. The second kappa shape index (κ2) is 47.2. The Morgan fingerprint density at radius 3 is 1.20 bits per heavy atom. The first-order chi connectivity index (χ1) is 48.3. The molecule has 588 valence electrons. The normalized spacial score (nSPS) is 36.6. The zero-order valence-electron chi connectivity index (χ0n) is 57.9. The van der Waals surface area contributed by atoms with Crippen LogP contribution in [0.25, 0.3) is 0 Å². The lowest BCUT2D eigenvalue weighted by Crippen LogP contribution is -2.69. The van der Waals surface area contributed by atoms with Crippen LogP contribution in [0.15, 0.2) is 36.5 Å². The Hall–Kier alpha value is -2.73. The van der Waals surface area contributed by atoms with E-state index in [2.05, 4.69) is 50.3 Å². The van der Waals surface area contributed by atoms with E-state index in [0.717, 1.165) is 77.0 Å². The number of unbranched alkanes of at least 4 members (excludes halogenated alkanes) is 17. The first-order valence-electron chi connectivity index (χ1n) is 35.8. The summed E-state index contributed by atoms with van der Waals surface area (Å²) in [5.41, 5.74) is 0. The second-order valence-corrected chi connectivity index (χ2v) is 27.9. The number of aliphatic hydroxyl groups excluding tert-OH is 17. The number of carbonyl (C=O) groups excluding carboxylic acids is 2. The molecule has 28 atom stereocenters. The van der Waals surface area contributed by atoms with E-state index in [1.165, 1.54) is 38.5 Å². The van der Waals surface area contributed by atoms with Crippen molar-refractivity contribution in [2.45, 2.75) is 333 Å². The standard InChI is InChI=1S/C67H117O33P/c1-3-5-7-9-11-13-15-17-18-20-21-23-25-27-29-31-44(70)89-35-39(93-45(71)32-30-28-26-24-22-19-16-14-12-10-8-6-4-2)36-92-101(87,88)100-63-61(98-66-59(85)51(77)47(73)41(34-69)95-66)55(81)54(80)56(82)62(63)99-67-60(86)53(79)49(75)43(97-67)38-91-65-58(84)52(78)48(74)42(96-65)37-90-64-57(83)50(76)46(72)40(33-68)94-64/h11,13-14,16-18,39-43,46-69,72-86H,3-10,12,15,19-38H2,1-2H3,(H,87,88)/b13-11-,16-14-,18-17-/t39-,40?,41?,42?,43?,46+,47-,48+,49+,50?,51?,52?,53?,54+,55?,56?,57+,58+,59-,60+,61-,62?,63+,64-,65-,66-,67+/m1/s1. The first kappa shape index (κ1) is 88.9. The molecule has 5 fully saturated rings. The fourth-order valence-electron chi connectivity index (χ4n) is 12.1.